The van der Waals surface area contributed by atoms with Crippen LogP contribution in [0.3, 0.4) is 0 Å². The SMILES string of the molecule is CCC[CH2][Sn]([CH2]CCC)([CH2]CCC)[c]1csc2c(SC)nc(C)n12. The number of thioether (sulfide) groups is 1. The summed E-state index contributed by atoms with van der Waals surface area (Å²) in [7, 11) is 0. The molecule has 0 aliphatic rings. The molecule has 0 N–H and O–H groups in total. The van der Waals surface area contributed by atoms with Crippen molar-refractivity contribution in [3.8, 4) is 0 Å². The van der Waals surface area contributed by atoms with Gasteiger partial charge in [-0.05, 0) is 0 Å². The second-order valence-electron chi connectivity index (χ2n) is 7.02. The maximum absolute atomic E-state index is 4.85. The van der Waals surface area contributed by atoms with Crippen LogP contribution >= 0.6 is 23.1 Å². The molecule has 0 bridgehead atoms. The van der Waals surface area contributed by atoms with E-state index in [0.717, 1.165) is 0 Å². The van der Waals surface area contributed by atoms with Gasteiger partial charge in [0.1, 0.15) is 0 Å². The Bertz CT molecular complexity index is 611. The topological polar surface area (TPSA) is 17.3 Å². The van der Waals surface area contributed by atoms with E-state index in [9.17, 15) is 0 Å². The van der Waals surface area contributed by atoms with Gasteiger partial charge in [0.05, 0.1) is 0 Å². The minimum absolute atomic E-state index is 1.22. The third-order valence-electron chi connectivity index (χ3n) is 5.26. The number of aryl methyl sites for hydroxylation is 1. The molecule has 0 aliphatic heterocycles. The van der Waals surface area contributed by atoms with Crippen LogP contribution in [0.2, 0.25) is 13.3 Å². The average Bonchev–Trinajstić information content (AvgIpc) is 3.16. The number of rotatable bonds is 11. The average molecular weight is 473 g/mol. The van der Waals surface area contributed by atoms with Crippen molar-refractivity contribution in [1.29, 1.82) is 0 Å². The first-order valence-electron chi connectivity index (χ1n) is 9.64. The fourth-order valence-electron chi connectivity index (χ4n) is 3.84. The van der Waals surface area contributed by atoms with Crippen LogP contribution in [-0.4, -0.2) is 34.0 Å². The molecule has 0 aliphatic carbocycles. The van der Waals surface area contributed by atoms with E-state index in [0.29, 0.717) is 0 Å². The van der Waals surface area contributed by atoms with Gasteiger partial charge in [0.2, 0.25) is 0 Å². The fraction of sp³-hybridized carbons (Fsp3) is 0.737. The Hall–Kier alpha value is 0.319. The minimum atomic E-state index is -2.37. The molecule has 2 nitrogen and oxygen atoms in total. The summed E-state index contributed by atoms with van der Waals surface area (Å²) in [6.45, 7) is 9.27. The van der Waals surface area contributed by atoms with Crippen LogP contribution in [-0.2, 0) is 0 Å². The molecule has 0 radical (unpaired) electrons. The molecular weight excluding hydrogens is 439 g/mol. The van der Waals surface area contributed by atoms with Crippen molar-refractivity contribution in [2.75, 3.05) is 6.26 Å². The van der Waals surface area contributed by atoms with Gasteiger partial charge in [-0.1, -0.05) is 0 Å². The van der Waals surface area contributed by atoms with Crippen LogP contribution in [0.25, 0.3) is 4.83 Å². The Morgan fingerprint density at radius 1 is 1.04 bits per heavy atom. The molecular formula is C19H34N2S2Sn. The molecule has 5 heteroatoms. The molecule has 0 unspecified atom stereocenters. The summed E-state index contributed by atoms with van der Waals surface area (Å²) in [5.74, 6) is 1.22. The molecule has 0 saturated carbocycles. The summed E-state index contributed by atoms with van der Waals surface area (Å²) < 4.78 is 8.92. The van der Waals surface area contributed by atoms with E-state index in [1.165, 1.54) is 67.5 Å². The van der Waals surface area contributed by atoms with Gasteiger partial charge in [0.25, 0.3) is 0 Å². The normalized spacial score (nSPS) is 12.4. The second kappa shape index (κ2) is 9.86. The van der Waals surface area contributed by atoms with E-state index in [-0.39, 0.29) is 0 Å². The maximum atomic E-state index is 4.85. The predicted octanol–water partition coefficient (Wildman–Crippen LogP) is 6.48. The zero-order valence-electron chi connectivity index (χ0n) is 16.2. The van der Waals surface area contributed by atoms with Crippen molar-refractivity contribution in [2.24, 2.45) is 0 Å². The molecule has 24 heavy (non-hydrogen) atoms. The number of unbranched alkanes of at least 4 members (excludes halogenated alkanes) is 3. The van der Waals surface area contributed by atoms with Crippen LogP contribution in [0.4, 0.5) is 0 Å². The van der Waals surface area contributed by atoms with Crippen LogP contribution in [0.1, 0.15) is 65.1 Å². The number of hydrogen-bond donors (Lipinski definition) is 0. The van der Waals surface area contributed by atoms with E-state index in [1.807, 2.05) is 11.3 Å². The zero-order chi connectivity index (χ0) is 17.6. The number of hydrogen-bond acceptors (Lipinski definition) is 3. The molecule has 0 spiro atoms. The van der Waals surface area contributed by atoms with Gasteiger partial charge in [-0.3, -0.25) is 0 Å². The van der Waals surface area contributed by atoms with Crippen molar-refractivity contribution in [1.82, 2.24) is 9.38 Å². The molecule has 2 aromatic heterocycles. The number of aromatic nitrogens is 2. The van der Waals surface area contributed by atoms with Gasteiger partial charge < -0.3 is 0 Å². The molecule has 2 rings (SSSR count). The molecule has 0 aromatic carbocycles. The van der Waals surface area contributed by atoms with E-state index in [1.54, 1.807) is 15.5 Å². The number of thiazole rings is 1. The Labute approximate surface area is 160 Å². The standard InChI is InChI=1S/C7H7N2S2.3C4H9.Sn/c1-5-8-6(10-2)7-9(5)3-4-11-7;3*1-3-4-2;/h4H,1-2H3;3*1,3-4H2,2H3;. The third kappa shape index (κ3) is 4.34. The van der Waals surface area contributed by atoms with Gasteiger partial charge in [0.15, 0.2) is 0 Å². The quantitative estimate of drug-likeness (QED) is 0.275. The van der Waals surface area contributed by atoms with Crippen molar-refractivity contribution >= 4 is 50.0 Å². The molecule has 0 atom stereocenters. The van der Waals surface area contributed by atoms with E-state index in [4.69, 9.17) is 4.98 Å². The molecule has 136 valence electrons. The summed E-state index contributed by atoms with van der Waals surface area (Å²) in [6, 6.07) is 0. The zero-order valence-corrected chi connectivity index (χ0v) is 20.6. The Balaban J connectivity index is 2.53. The van der Waals surface area contributed by atoms with Gasteiger partial charge in [-0.25, -0.2) is 0 Å². The molecule has 0 saturated heterocycles. The van der Waals surface area contributed by atoms with E-state index in [2.05, 4.69) is 43.7 Å². The van der Waals surface area contributed by atoms with Crippen molar-refractivity contribution in [2.45, 2.75) is 84.6 Å². The van der Waals surface area contributed by atoms with Crippen LogP contribution in [0.5, 0.6) is 0 Å². The number of nitrogens with zero attached hydrogens (tertiary/aromatic N) is 2. The number of fused-ring (bicyclic) bond motifs is 1. The van der Waals surface area contributed by atoms with Gasteiger partial charge >= 0.3 is 161 Å². The molecule has 0 amide bonds. The van der Waals surface area contributed by atoms with E-state index >= 15 is 0 Å². The van der Waals surface area contributed by atoms with Crippen LogP contribution in [0.15, 0.2) is 10.4 Å². The number of imidazole rings is 1. The predicted molar refractivity (Wildman–Crippen MR) is 114 cm³/mol. The third-order valence-corrected chi connectivity index (χ3v) is 23.0. The van der Waals surface area contributed by atoms with Gasteiger partial charge in [-0.2, -0.15) is 0 Å². The second-order valence-corrected chi connectivity index (χ2v) is 21.7. The summed E-state index contributed by atoms with van der Waals surface area (Å²) in [5, 5.41) is 3.77. The summed E-state index contributed by atoms with van der Waals surface area (Å²) in [6.07, 6.45) is 10.4. The van der Waals surface area contributed by atoms with Gasteiger partial charge in [-0.15, -0.1) is 0 Å². The van der Waals surface area contributed by atoms with Crippen molar-refractivity contribution in [3.05, 3.63) is 11.2 Å². The van der Waals surface area contributed by atoms with E-state index < -0.39 is 18.4 Å². The molecule has 0 fully saturated rings. The summed E-state index contributed by atoms with van der Waals surface area (Å²) in [5.41, 5.74) is 0. The first kappa shape index (κ1) is 20.6. The van der Waals surface area contributed by atoms with Gasteiger partial charge in [0, 0.05) is 0 Å². The first-order valence-corrected chi connectivity index (χ1v) is 19.2. The van der Waals surface area contributed by atoms with Crippen molar-refractivity contribution < 1.29 is 0 Å². The summed E-state index contributed by atoms with van der Waals surface area (Å²) >= 11 is 1.37. The summed E-state index contributed by atoms with van der Waals surface area (Å²) in [4.78, 5) is 6.26. The first-order chi connectivity index (χ1) is 11.6. The fourth-order valence-corrected chi connectivity index (χ4v) is 23.9. The van der Waals surface area contributed by atoms with Crippen molar-refractivity contribution in [3.63, 3.8) is 0 Å². The Morgan fingerprint density at radius 3 is 2.04 bits per heavy atom. The Morgan fingerprint density at radius 2 is 1.58 bits per heavy atom. The van der Waals surface area contributed by atoms with Crippen LogP contribution in [0, 0.1) is 6.92 Å². The monoisotopic (exact) mass is 474 g/mol. The molecule has 2 aromatic rings. The molecule has 2 heterocycles. The Kier molecular flexibility index (Phi) is 8.48. The van der Waals surface area contributed by atoms with Crippen LogP contribution < -0.4 is 3.71 Å².